The van der Waals surface area contributed by atoms with E-state index in [0.29, 0.717) is 5.16 Å². The molecule has 0 aliphatic carbocycles. The Balaban J connectivity index is 1.67. The van der Waals surface area contributed by atoms with Gasteiger partial charge in [0.2, 0.25) is 0 Å². The number of nitrogens with one attached hydrogen (secondary N) is 2. The number of aromatic nitrogens is 5. The summed E-state index contributed by atoms with van der Waals surface area (Å²) in [4.78, 5) is 19.3. The van der Waals surface area contributed by atoms with E-state index in [0.717, 1.165) is 44.6 Å². The lowest BCUT2D eigenvalue weighted by Crippen LogP contribution is -2.10. The van der Waals surface area contributed by atoms with Crippen molar-refractivity contribution in [1.29, 1.82) is 0 Å². The van der Waals surface area contributed by atoms with E-state index in [1.165, 1.54) is 0 Å². The maximum atomic E-state index is 12.8. The molecule has 7 nitrogen and oxygen atoms in total. The molecule has 4 aromatic rings. The standard InChI is InChI=1S/C17H17N5O2S/c1-9-6-18-15(10(2)16(9)24-3)7-25(23)17-21-13-4-11-12(20-8-19-11)5-14(13)22-17/h4-6,8H,7H2,1-3H3,(H,19,20)(H,21,22). The lowest BCUT2D eigenvalue weighted by molar-refractivity contribution is 0.407. The Hall–Kier alpha value is -2.58. The van der Waals surface area contributed by atoms with Crippen LogP contribution in [0.25, 0.3) is 22.1 Å². The van der Waals surface area contributed by atoms with Crippen molar-refractivity contribution in [3.63, 3.8) is 0 Å². The van der Waals surface area contributed by atoms with Gasteiger partial charge in [-0.1, -0.05) is 0 Å². The monoisotopic (exact) mass is 355 g/mol. The number of rotatable bonds is 4. The Morgan fingerprint density at radius 2 is 1.96 bits per heavy atom. The van der Waals surface area contributed by atoms with Crippen molar-refractivity contribution in [2.45, 2.75) is 24.8 Å². The average molecular weight is 355 g/mol. The van der Waals surface area contributed by atoms with Crippen LogP contribution in [0.2, 0.25) is 0 Å². The van der Waals surface area contributed by atoms with Gasteiger partial charge in [-0.05, 0) is 26.0 Å². The van der Waals surface area contributed by atoms with Crippen LogP contribution in [0.1, 0.15) is 16.8 Å². The van der Waals surface area contributed by atoms with Crippen LogP contribution in [-0.4, -0.2) is 36.6 Å². The maximum absolute atomic E-state index is 12.8. The van der Waals surface area contributed by atoms with Gasteiger partial charge in [0.15, 0.2) is 5.75 Å². The number of pyridine rings is 1. The molecule has 8 heteroatoms. The van der Waals surface area contributed by atoms with Crippen LogP contribution >= 0.6 is 0 Å². The number of H-pyrrole nitrogens is 2. The van der Waals surface area contributed by atoms with Crippen LogP contribution in [0.3, 0.4) is 0 Å². The molecule has 25 heavy (non-hydrogen) atoms. The van der Waals surface area contributed by atoms with E-state index in [2.05, 4.69) is 24.9 Å². The molecule has 2 N–H and O–H groups in total. The third-order valence-corrected chi connectivity index (χ3v) is 5.39. The zero-order valence-corrected chi connectivity index (χ0v) is 14.9. The number of hydrogen-bond acceptors (Lipinski definition) is 5. The Bertz CT molecular complexity index is 1020. The second-order valence-electron chi connectivity index (χ2n) is 5.87. The van der Waals surface area contributed by atoms with Crippen LogP contribution < -0.4 is 4.74 Å². The molecule has 0 saturated carbocycles. The first kappa shape index (κ1) is 15.9. The minimum Gasteiger partial charge on any atom is -0.609 e. The molecule has 1 aromatic carbocycles. The fourth-order valence-electron chi connectivity index (χ4n) is 2.93. The fourth-order valence-corrected chi connectivity index (χ4v) is 4.03. The summed E-state index contributed by atoms with van der Waals surface area (Å²) in [5.74, 6) is 1.06. The lowest BCUT2D eigenvalue weighted by Gasteiger charge is -2.13. The number of imidazole rings is 2. The van der Waals surface area contributed by atoms with Gasteiger partial charge in [0.05, 0.1) is 41.2 Å². The van der Waals surface area contributed by atoms with Crippen molar-refractivity contribution >= 4 is 33.2 Å². The van der Waals surface area contributed by atoms with Crippen LogP contribution in [0.5, 0.6) is 5.75 Å². The minimum absolute atomic E-state index is 0.276. The van der Waals surface area contributed by atoms with Gasteiger partial charge in [0.25, 0.3) is 0 Å². The zero-order valence-electron chi connectivity index (χ0n) is 14.1. The third kappa shape index (κ3) is 2.73. The van der Waals surface area contributed by atoms with E-state index in [1.54, 1.807) is 19.6 Å². The average Bonchev–Trinajstić information content (AvgIpc) is 3.21. The largest absolute Gasteiger partial charge is 0.609 e. The maximum Gasteiger partial charge on any atom is 0.322 e. The summed E-state index contributed by atoms with van der Waals surface area (Å²) >= 11 is -1.33. The highest BCUT2D eigenvalue weighted by molar-refractivity contribution is 7.90. The van der Waals surface area contributed by atoms with Crippen LogP contribution in [0.4, 0.5) is 0 Å². The molecule has 0 fully saturated rings. The van der Waals surface area contributed by atoms with Crippen LogP contribution in [0.15, 0.2) is 29.8 Å². The molecule has 0 radical (unpaired) electrons. The molecular formula is C17H17N5O2S. The van der Waals surface area contributed by atoms with Crippen molar-refractivity contribution in [2.75, 3.05) is 7.11 Å². The Kier molecular flexibility index (Phi) is 3.85. The van der Waals surface area contributed by atoms with Gasteiger partial charge in [-0.25, -0.2) is 4.98 Å². The number of methoxy groups -OCH3 is 1. The second kappa shape index (κ2) is 6.05. The Labute approximate surface area is 147 Å². The number of benzene rings is 1. The zero-order chi connectivity index (χ0) is 17.6. The Morgan fingerprint density at radius 3 is 2.76 bits per heavy atom. The molecule has 0 bridgehead atoms. The molecule has 0 amide bonds. The molecule has 128 valence electrons. The van der Waals surface area contributed by atoms with Crippen LogP contribution in [-0.2, 0) is 16.9 Å². The minimum atomic E-state index is -1.33. The molecule has 3 heterocycles. The number of aromatic amines is 2. The first-order valence-corrected chi connectivity index (χ1v) is 9.09. The van der Waals surface area contributed by atoms with Crippen LogP contribution in [0, 0.1) is 13.8 Å². The first-order valence-electron chi connectivity index (χ1n) is 7.77. The molecule has 1 unspecified atom stereocenters. The van der Waals surface area contributed by atoms with E-state index in [4.69, 9.17) is 4.74 Å². The molecule has 1 atom stereocenters. The lowest BCUT2D eigenvalue weighted by atomic mass is 10.1. The predicted molar refractivity (Wildman–Crippen MR) is 96.1 cm³/mol. The van der Waals surface area contributed by atoms with Gasteiger partial charge >= 0.3 is 5.16 Å². The number of nitrogens with zero attached hydrogens (tertiary/aromatic N) is 3. The highest BCUT2D eigenvalue weighted by atomic mass is 32.2. The summed E-state index contributed by atoms with van der Waals surface area (Å²) < 4.78 is 18.2. The molecule has 0 aliphatic heterocycles. The molecule has 4 rings (SSSR count). The smallest absolute Gasteiger partial charge is 0.322 e. The number of hydrogen-bond donors (Lipinski definition) is 2. The third-order valence-electron chi connectivity index (χ3n) is 4.23. The summed E-state index contributed by atoms with van der Waals surface area (Å²) in [6.45, 7) is 3.87. The van der Waals surface area contributed by atoms with E-state index < -0.39 is 11.2 Å². The normalized spacial score (nSPS) is 12.8. The summed E-state index contributed by atoms with van der Waals surface area (Å²) in [5, 5.41) is 0.434. The van der Waals surface area contributed by atoms with Crippen molar-refractivity contribution in [2.24, 2.45) is 0 Å². The van der Waals surface area contributed by atoms with Crippen molar-refractivity contribution < 1.29 is 9.29 Å². The number of ether oxygens (including phenoxy) is 1. The topological polar surface area (TPSA) is 103 Å². The summed E-state index contributed by atoms with van der Waals surface area (Å²) in [5.41, 5.74) is 5.92. The molecule has 3 aromatic heterocycles. The highest BCUT2D eigenvalue weighted by Crippen LogP contribution is 2.27. The molecular weight excluding hydrogens is 338 g/mol. The van der Waals surface area contributed by atoms with E-state index in [9.17, 15) is 4.55 Å². The van der Waals surface area contributed by atoms with E-state index in [-0.39, 0.29) is 5.75 Å². The highest BCUT2D eigenvalue weighted by Gasteiger charge is 2.21. The van der Waals surface area contributed by atoms with Gasteiger partial charge in [-0.3, -0.25) is 9.97 Å². The van der Waals surface area contributed by atoms with Crippen molar-refractivity contribution in [3.05, 3.63) is 41.5 Å². The van der Waals surface area contributed by atoms with Gasteiger partial charge in [0.1, 0.15) is 5.75 Å². The quantitative estimate of drug-likeness (QED) is 0.548. The fraction of sp³-hybridized carbons (Fsp3) is 0.235. The number of aryl methyl sites for hydroxylation is 1. The predicted octanol–water partition coefficient (Wildman–Crippen LogP) is 2.77. The summed E-state index contributed by atoms with van der Waals surface area (Å²) in [6, 6.07) is 3.79. The van der Waals surface area contributed by atoms with Crippen molar-refractivity contribution in [1.82, 2.24) is 24.9 Å². The summed E-state index contributed by atoms with van der Waals surface area (Å²) in [7, 11) is 1.63. The van der Waals surface area contributed by atoms with E-state index >= 15 is 0 Å². The molecule has 0 spiro atoms. The van der Waals surface area contributed by atoms with Gasteiger partial charge in [-0.15, -0.1) is 0 Å². The second-order valence-corrected chi connectivity index (χ2v) is 7.23. The molecule has 0 aliphatic rings. The van der Waals surface area contributed by atoms with Gasteiger partial charge in [-0.2, -0.15) is 4.98 Å². The van der Waals surface area contributed by atoms with Crippen molar-refractivity contribution in [3.8, 4) is 5.75 Å². The molecule has 0 saturated heterocycles. The van der Waals surface area contributed by atoms with Gasteiger partial charge < -0.3 is 14.3 Å². The summed E-state index contributed by atoms with van der Waals surface area (Å²) in [6.07, 6.45) is 3.38. The SMILES string of the molecule is COc1c(C)cnc(C[S+]([O-])c2nc3cc4[nH]cnc4cc3[nH]2)c1C. The van der Waals surface area contributed by atoms with E-state index in [1.807, 2.05) is 26.0 Å². The Morgan fingerprint density at radius 1 is 1.16 bits per heavy atom. The first-order chi connectivity index (χ1) is 12.1. The number of fused-ring (bicyclic) bond motifs is 2. The van der Waals surface area contributed by atoms with Gasteiger partial charge in [0, 0.05) is 28.5 Å².